The van der Waals surface area contributed by atoms with E-state index in [1.54, 1.807) is 0 Å². The lowest BCUT2D eigenvalue weighted by atomic mass is 10.1. The van der Waals surface area contributed by atoms with Gasteiger partial charge in [0.1, 0.15) is 0 Å². The topological polar surface area (TPSA) is 32.7 Å². The predicted molar refractivity (Wildman–Crippen MR) is 61.9 cm³/mol. The molecule has 1 saturated carbocycles. The van der Waals surface area contributed by atoms with Crippen molar-refractivity contribution in [3.8, 4) is 0 Å². The van der Waals surface area contributed by atoms with Crippen LogP contribution in [-0.2, 0) is 4.74 Å². The van der Waals surface area contributed by atoms with Crippen LogP contribution >= 0.6 is 0 Å². The van der Waals surface area contributed by atoms with E-state index in [0.717, 1.165) is 32.1 Å². The second-order valence-corrected chi connectivity index (χ2v) is 4.72. The average Bonchev–Trinajstić information content (AvgIpc) is 3.05. The molecule has 0 radical (unpaired) electrons. The molecule has 0 aromatic heterocycles. The van der Waals surface area contributed by atoms with Crippen molar-refractivity contribution >= 4 is 0 Å². The van der Waals surface area contributed by atoms with Gasteiger partial charge in [0.25, 0.3) is 0 Å². The monoisotopic (exact) mass is 215 g/mol. The fourth-order valence-corrected chi connectivity index (χ4v) is 1.58. The van der Waals surface area contributed by atoms with Gasteiger partial charge >= 0.3 is 0 Å². The zero-order valence-electron chi connectivity index (χ0n) is 10.3. The molecule has 3 heteroatoms. The third-order valence-corrected chi connectivity index (χ3v) is 3.31. The Kier molecular flexibility index (Phi) is 5.58. The lowest BCUT2D eigenvalue weighted by Crippen LogP contribution is -2.40. The number of aliphatic hydroxyl groups excluding tert-OH is 1. The number of hydrogen-bond donors (Lipinski definition) is 1. The third kappa shape index (κ3) is 4.96. The minimum Gasteiger partial charge on any atom is -0.392 e. The molecule has 0 saturated heterocycles. The van der Waals surface area contributed by atoms with Gasteiger partial charge in [0.15, 0.2) is 0 Å². The lowest BCUT2D eigenvalue weighted by molar-refractivity contribution is 0.0439. The normalized spacial score (nSPS) is 20.6. The van der Waals surface area contributed by atoms with Crippen LogP contribution in [0, 0.1) is 5.92 Å². The molecule has 3 nitrogen and oxygen atoms in total. The molecule has 1 rings (SSSR count). The Hall–Kier alpha value is -0.120. The van der Waals surface area contributed by atoms with Crippen molar-refractivity contribution in [1.29, 1.82) is 0 Å². The SMILES string of the molecule is CCC(O)C(C)N(C)CCOCC1CC1. The van der Waals surface area contributed by atoms with Crippen LogP contribution in [0.3, 0.4) is 0 Å². The van der Waals surface area contributed by atoms with Gasteiger partial charge in [-0.15, -0.1) is 0 Å². The Bertz CT molecular complexity index is 171. The first-order chi connectivity index (χ1) is 7.15. The summed E-state index contributed by atoms with van der Waals surface area (Å²) in [5.74, 6) is 0.842. The Morgan fingerprint density at radius 2 is 2.13 bits per heavy atom. The van der Waals surface area contributed by atoms with E-state index >= 15 is 0 Å². The van der Waals surface area contributed by atoms with E-state index < -0.39 is 0 Å². The summed E-state index contributed by atoms with van der Waals surface area (Å²) in [6, 6.07) is 0.222. The summed E-state index contributed by atoms with van der Waals surface area (Å²) in [5.41, 5.74) is 0. The second-order valence-electron chi connectivity index (χ2n) is 4.72. The highest BCUT2D eigenvalue weighted by Gasteiger charge is 2.21. The second kappa shape index (κ2) is 6.46. The van der Waals surface area contributed by atoms with Crippen molar-refractivity contribution in [1.82, 2.24) is 4.90 Å². The molecule has 0 heterocycles. The smallest absolute Gasteiger partial charge is 0.0690 e. The van der Waals surface area contributed by atoms with E-state index in [0.29, 0.717) is 0 Å². The zero-order valence-corrected chi connectivity index (χ0v) is 10.3. The maximum absolute atomic E-state index is 9.67. The number of hydrogen-bond acceptors (Lipinski definition) is 3. The minimum atomic E-state index is -0.224. The first-order valence-electron chi connectivity index (χ1n) is 6.11. The maximum atomic E-state index is 9.67. The van der Waals surface area contributed by atoms with Gasteiger partial charge in [0.05, 0.1) is 12.7 Å². The zero-order chi connectivity index (χ0) is 11.3. The summed E-state index contributed by atoms with van der Waals surface area (Å²) >= 11 is 0. The highest BCUT2D eigenvalue weighted by Crippen LogP contribution is 2.28. The number of likely N-dealkylation sites (N-methyl/N-ethyl adjacent to an activating group) is 1. The molecule has 15 heavy (non-hydrogen) atoms. The van der Waals surface area contributed by atoms with Crippen molar-refractivity contribution in [2.75, 3.05) is 26.8 Å². The van der Waals surface area contributed by atoms with E-state index in [4.69, 9.17) is 4.74 Å². The molecule has 1 aliphatic carbocycles. The van der Waals surface area contributed by atoms with Gasteiger partial charge in [-0.05, 0) is 39.2 Å². The number of ether oxygens (including phenoxy) is 1. The Labute approximate surface area is 93.4 Å². The first kappa shape index (κ1) is 12.9. The fraction of sp³-hybridized carbons (Fsp3) is 1.00. The van der Waals surface area contributed by atoms with Crippen LogP contribution in [0.25, 0.3) is 0 Å². The Morgan fingerprint density at radius 3 is 2.67 bits per heavy atom. The number of rotatable bonds is 8. The predicted octanol–water partition coefficient (Wildman–Crippen LogP) is 1.50. The molecule has 1 aliphatic rings. The van der Waals surface area contributed by atoms with Gasteiger partial charge in [-0.25, -0.2) is 0 Å². The molecule has 1 fully saturated rings. The minimum absolute atomic E-state index is 0.222. The standard InChI is InChI=1S/C12H25NO2/c1-4-12(14)10(2)13(3)7-8-15-9-11-5-6-11/h10-12,14H,4-9H2,1-3H3. The molecule has 0 amide bonds. The summed E-state index contributed by atoms with van der Waals surface area (Å²) in [4.78, 5) is 2.17. The molecule has 0 aromatic carbocycles. The van der Waals surface area contributed by atoms with E-state index in [-0.39, 0.29) is 12.1 Å². The molecule has 2 unspecified atom stereocenters. The van der Waals surface area contributed by atoms with Crippen molar-refractivity contribution in [3.05, 3.63) is 0 Å². The summed E-state index contributed by atoms with van der Waals surface area (Å²) < 4.78 is 5.57. The van der Waals surface area contributed by atoms with Crippen LogP contribution in [0.5, 0.6) is 0 Å². The van der Waals surface area contributed by atoms with Crippen LogP contribution in [0.1, 0.15) is 33.1 Å². The van der Waals surface area contributed by atoms with Gasteiger partial charge in [-0.2, -0.15) is 0 Å². The molecular formula is C12H25NO2. The molecule has 1 N–H and O–H groups in total. The van der Waals surface area contributed by atoms with Gasteiger partial charge in [-0.3, -0.25) is 4.90 Å². The van der Waals surface area contributed by atoms with Crippen LogP contribution in [-0.4, -0.2) is 49.0 Å². The third-order valence-electron chi connectivity index (χ3n) is 3.31. The fourth-order valence-electron chi connectivity index (χ4n) is 1.58. The molecule has 0 spiro atoms. The maximum Gasteiger partial charge on any atom is 0.0690 e. The summed E-state index contributed by atoms with van der Waals surface area (Å²) in [6.07, 6.45) is 3.29. The van der Waals surface area contributed by atoms with Crippen molar-refractivity contribution < 1.29 is 9.84 Å². The van der Waals surface area contributed by atoms with Gasteiger partial charge in [0.2, 0.25) is 0 Å². The van der Waals surface area contributed by atoms with Crippen LogP contribution in [0.2, 0.25) is 0 Å². The van der Waals surface area contributed by atoms with E-state index in [9.17, 15) is 5.11 Å². The molecule has 90 valence electrons. The van der Waals surface area contributed by atoms with Gasteiger partial charge in [-0.1, -0.05) is 6.92 Å². The van der Waals surface area contributed by atoms with Gasteiger partial charge < -0.3 is 9.84 Å². The summed E-state index contributed by atoms with van der Waals surface area (Å²) in [7, 11) is 2.05. The highest BCUT2D eigenvalue weighted by molar-refractivity contribution is 4.73. The van der Waals surface area contributed by atoms with Crippen LogP contribution < -0.4 is 0 Å². The van der Waals surface area contributed by atoms with Crippen molar-refractivity contribution in [3.63, 3.8) is 0 Å². The van der Waals surface area contributed by atoms with Crippen LogP contribution in [0.4, 0.5) is 0 Å². The van der Waals surface area contributed by atoms with E-state index in [1.807, 2.05) is 14.0 Å². The quantitative estimate of drug-likeness (QED) is 0.623. The summed E-state index contributed by atoms with van der Waals surface area (Å²) in [6.45, 7) is 6.70. The molecule has 0 aliphatic heterocycles. The van der Waals surface area contributed by atoms with E-state index in [1.165, 1.54) is 12.8 Å². The van der Waals surface area contributed by atoms with Crippen molar-refractivity contribution in [2.24, 2.45) is 5.92 Å². The van der Waals surface area contributed by atoms with E-state index in [2.05, 4.69) is 11.8 Å². The lowest BCUT2D eigenvalue weighted by Gasteiger charge is -2.28. The molecule has 2 atom stereocenters. The first-order valence-corrected chi connectivity index (χ1v) is 6.11. The summed E-state index contributed by atoms with van der Waals surface area (Å²) in [5, 5.41) is 9.67. The molecule has 0 aromatic rings. The Balaban J connectivity index is 2.02. The largest absolute Gasteiger partial charge is 0.392 e. The highest BCUT2D eigenvalue weighted by atomic mass is 16.5. The Morgan fingerprint density at radius 1 is 1.47 bits per heavy atom. The van der Waals surface area contributed by atoms with Crippen molar-refractivity contribution in [2.45, 2.75) is 45.3 Å². The van der Waals surface area contributed by atoms with Gasteiger partial charge in [0, 0.05) is 19.2 Å². The molecule has 0 bridgehead atoms. The van der Waals surface area contributed by atoms with Crippen LogP contribution in [0.15, 0.2) is 0 Å². The molecular weight excluding hydrogens is 190 g/mol. The number of nitrogens with zero attached hydrogens (tertiary/aromatic N) is 1. The number of aliphatic hydroxyl groups is 1. The average molecular weight is 215 g/mol.